The fraction of sp³-hybridized carbons (Fsp3) is 0.929. The van der Waals surface area contributed by atoms with E-state index in [1.807, 2.05) is 0 Å². The van der Waals surface area contributed by atoms with Crippen molar-refractivity contribution in [1.82, 2.24) is 4.90 Å². The average molecular weight is 302 g/mol. The molecule has 118 valence electrons. The van der Waals surface area contributed by atoms with Gasteiger partial charge in [0.15, 0.2) is 0 Å². The summed E-state index contributed by atoms with van der Waals surface area (Å²) in [6.07, 6.45) is 4.47. The van der Waals surface area contributed by atoms with Crippen LogP contribution in [0.3, 0.4) is 0 Å². The highest BCUT2D eigenvalue weighted by Crippen LogP contribution is 2.15. The Morgan fingerprint density at radius 2 is 1.80 bits per heavy atom. The third-order valence-corrected chi connectivity index (χ3v) is 6.84. The van der Waals surface area contributed by atoms with Crippen LogP contribution in [0.4, 0.5) is 0 Å². The Balaban J connectivity index is 2.33. The van der Waals surface area contributed by atoms with E-state index < -0.39 is 8.80 Å². The maximum absolute atomic E-state index is 5.42. The van der Waals surface area contributed by atoms with Gasteiger partial charge in [-0.25, -0.2) is 0 Å². The van der Waals surface area contributed by atoms with E-state index >= 15 is 0 Å². The van der Waals surface area contributed by atoms with Crippen molar-refractivity contribution < 1.29 is 13.3 Å². The highest BCUT2D eigenvalue weighted by molar-refractivity contribution is 6.60. The summed E-state index contributed by atoms with van der Waals surface area (Å²) in [6, 6.07) is 0.828. The summed E-state index contributed by atoms with van der Waals surface area (Å²) < 4.78 is 16.2. The number of nitrogens with zero attached hydrogens (tertiary/aromatic N) is 2. The Labute approximate surface area is 124 Å². The third-order valence-electron chi connectivity index (χ3n) is 4.01. The van der Waals surface area contributed by atoms with Crippen molar-refractivity contribution in [2.75, 3.05) is 47.5 Å². The molecule has 1 aliphatic heterocycles. The van der Waals surface area contributed by atoms with Crippen LogP contribution in [0.2, 0.25) is 6.04 Å². The molecule has 5 nitrogen and oxygen atoms in total. The number of hydrogen-bond acceptors (Lipinski definition) is 5. The molecule has 6 heteroatoms. The Bertz CT molecular complexity index is 288. The molecular weight excluding hydrogens is 272 g/mol. The smallest absolute Gasteiger partial charge is 0.377 e. The van der Waals surface area contributed by atoms with Crippen LogP contribution < -0.4 is 0 Å². The van der Waals surface area contributed by atoms with E-state index in [4.69, 9.17) is 18.3 Å². The molecule has 1 saturated heterocycles. The lowest BCUT2D eigenvalue weighted by Crippen LogP contribution is -2.42. The predicted molar refractivity (Wildman–Crippen MR) is 84.5 cm³/mol. The zero-order valence-corrected chi connectivity index (χ0v) is 14.5. The normalized spacial score (nSPS) is 20.3. The lowest BCUT2D eigenvalue weighted by atomic mass is 10.2. The molecule has 20 heavy (non-hydrogen) atoms. The van der Waals surface area contributed by atoms with Crippen molar-refractivity contribution in [3.05, 3.63) is 0 Å². The summed E-state index contributed by atoms with van der Waals surface area (Å²) in [5.41, 5.74) is 1.38. The van der Waals surface area contributed by atoms with E-state index in [2.05, 4.69) is 11.8 Å². The van der Waals surface area contributed by atoms with E-state index in [9.17, 15) is 0 Å². The van der Waals surface area contributed by atoms with Crippen molar-refractivity contribution in [3.63, 3.8) is 0 Å². The zero-order valence-electron chi connectivity index (χ0n) is 13.5. The van der Waals surface area contributed by atoms with Crippen molar-refractivity contribution >= 4 is 14.5 Å². The minimum atomic E-state index is -2.41. The first-order valence-electron chi connectivity index (χ1n) is 7.59. The molecule has 0 bridgehead atoms. The fourth-order valence-corrected chi connectivity index (χ4v) is 4.30. The van der Waals surface area contributed by atoms with Gasteiger partial charge in [-0.2, -0.15) is 0 Å². The minimum Gasteiger partial charge on any atom is -0.377 e. The Kier molecular flexibility index (Phi) is 8.56. The summed E-state index contributed by atoms with van der Waals surface area (Å²) in [5, 5.41) is 0. The third kappa shape index (κ3) is 5.61. The quantitative estimate of drug-likeness (QED) is 0.509. The number of likely N-dealkylation sites (tertiary alicyclic amines) is 1. The predicted octanol–water partition coefficient (Wildman–Crippen LogP) is 2.20. The van der Waals surface area contributed by atoms with Crippen LogP contribution in [-0.4, -0.2) is 66.9 Å². The summed E-state index contributed by atoms with van der Waals surface area (Å²) in [7, 11) is 2.58. The first kappa shape index (κ1) is 17.8. The molecule has 0 aromatic heterocycles. The molecule has 1 rings (SSSR count). The topological polar surface area (TPSA) is 43.3 Å². The Hall–Kier alpha value is -0.273. The summed E-state index contributed by atoms with van der Waals surface area (Å²) in [4.78, 5) is 7.26. The minimum absolute atomic E-state index is 0.828. The van der Waals surface area contributed by atoms with Crippen LogP contribution in [-0.2, 0) is 13.3 Å². The standard InChI is InChI=1S/C14H30N2O3Si/c1-5-16-11-6-8-14(9-12-16)15-10-7-13-20(17-2,18-3)19-4/h5-13H2,1-4H3. The molecule has 0 saturated carbocycles. The van der Waals surface area contributed by atoms with Crippen LogP contribution in [0.5, 0.6) is 0 Å². The van der Waals surface area contributed by atoms with Gasteiger partial charge in [0.05, 0.1) is 0 Å². The van der Waals surface area contributed by atoms with Crippen LogP contribution >= 0.6 is 0 Å². The van der Waals surface area contributed by atoms with Crippen LogP contribution in [0.15, 0.2) is 4.99 Å². The monoisotopic (exact) mass is 302 g/mol. The maximum Gasteiger partial charge on any atom is 0.500 e. The van der Waals surface area contributed by atoms with E-state index in [1.54, 1.807) is 21.3 Å². The molecule has 0 amide bonds. The molecule has 1 aliphatic rings. The molecule has 0 N–H and O–H groups in total. The van der Waals surface area contributed by atoms with E-state index in [-0.39, 0.29) is 0 Å². The second kappa shape index (κ2) is 9.62. The van der Waals surface area contributed by atoms with Gasteiger partial charge in [0.1, 0.15) is 0 Å². The van der Waals surface area contributed by atoms with Gasteiger partial charge in [-0.1, -0.05) is 6.92 Å². The van der Waals surface area contributed by atoms with Gasteiger partial charge in [0.2, 0.25) is 0 Å². The first-order valence-corrected chi connectivity index (χ1v) is 9.53. The highest BCUT2D eigenvalue weighted by atomic mass is 28.4. The first-order chi connectivity index (χ1) is 9.69. The summed E-state index contributed by atoms with van der Waals surface area (Å²) >= 11 is 0. The number of hydrogen-bond donors (Lipinski definition) is 0. The summed E-state index contributed by atoms with van der Waals surface area (Å²) in [5.74, 6) is 0. The molecule has 1 fully saturated rings. The van der Waals surface area contributed by atoms with Crippen LogP contribution in [0.1, 0.15) is 32.6 Å². The molecule has 0 aromatic carbocycles. The molecular formula is C14H30N2O3Si. The van der Waals surface area contributed by atoms with Gasteiger partial charge in [0, 0.05) is 46.2 Å². The number of rotatable bonds is 8. The highest BCUT2D eigenvalue weighted by Gasteiger charge is 2.36. The van der Waals surface area contributed by atoms with Crippen molar-refractivity contribution in [2.45, 2.75) is 38.7 Å². The summed E-state index contributed by atoms with van der Waals surface area (Å²) in [6.45, 7) is 6.60. The van der Waals surface area contributed by atoms with Gasteiger partial charge in [-0.15, -0.1) is 0 Å². The Morgan fingerprint density at radius 3 is 2.40 bits per heavy atom. The maximum atomic E-state index is 5.42. The fourth-order valence-electron chi connectivity index (χ4n) is 2.59. The molecule has 0 aromatic rings. The molecule has 1 heterocycles. The molecule has 0 spiro atoms. The van der Waals surface area contributed by atoms with Crippen molar-refractivity contribution in [1.29, 1.82) is 0 Å². The zero-order chi connectivity index (χ0) is 14.8. The Morgan fingerprint density at radius 1 is 1.10 bits per heavy atom. The largest absolute Gasteiger partial charge is 0.500 e. The van der Waals surface area contributed by atoms with Crippen LogP contribution in [0.25, 0.3) is 0 Å². The molecule has 0 radical (unpaired) electrons. The molecule has 0 atom stereocenters. The van der Waals surface area contributed by atoms with Gasteiger partial charge in [-0.3, -0.25) is 4.99 Å². The lowest BCUT2D eigenvalue weighted by molar-refractivity contribution is 0.123. The lowest BCUT2D eigenvalue weighted by Gasteiger charge is -2.23. The molecule has 0 unspecified atom stereocenters. The van der Waals surface area contributed by atoms with E-state index in [0.717, 1.165) is 44.9 Å². The SMILES string of the molecule is CCN1CCCC(=NCCC[Si](OC)(OC)OC)CC1. The van der Waals surface area contributed by atoms with E-state index in [0.29, 0.717) is 0 Å². The second-order valence-electron chi connectivity index (χ2n) is 5.13. The average Bonchev–Trinajstić information content (AvgIpc) is 2.73. The van der Waals surface area contributed by atoms with E-state index in [1.165, 1.54) is 18.7 Å². The second-order valence-corrected chi connectivity index (χ2v) is 8.23. The van der Waals surface area contributed by atoms with Gasteiger partial charge >= 0.3 is 8.80 Å². The van der Waals surface area contributed by atoms with Crippen LogP contribution in [0, 0.1) is 0 Å². The van der Waals surface area contributed by atoms with Crippen molar-refractivity contribution in [2.24, 2.45) is 4.99 Å². The molecule has 0 aliphatic carbocycles. The van der Waals surface area contributed by atoms with Gasteiger partial charge in [0.25, 0.3) is 0 Å². The van der Waals surface area contributed by atoms with Gasteiger partial charge < -0.3 is 18.2 Å². The van der Waals surface area contributed by atoms with Crippen molar-refractivity contribution in [3.8, 4) is 0 Å². The van der Waals surface area contributed by atoms with Gasteiger partial charge in [-0.05, 0) is 38.8 Å². The number of aliphatic imine (C=N–C) groups is 1.